The van der Waals surface area contributed by atoms with E-state index in [4.69, 9.17) is 0 Å². The lowest BCUT2D eigenvalue weighted by Crippen LogP contribution is -2.36. The Labute approximate surface area is 151 Å². The van der Waals surface area contributed by atoms with E-state index in [1.54, 1.807) is 12.1 Å². The van der Waals surface area contributed by atoms with Gasteiger partial charge in [-0.15, -0.1) is 0 Å². The molecular weight excluding hydrogens is 326 g/mol. The van der Waals surface area contributed by atoms with Gasteiger partial charge in [-0.05, 0) is 37.5 Å². The van der Waals surface area contributed by atoms with Gasteiger partial charge in [-0.25, -0.2) is 4.98 Å². The lowest BCUT2D eigenvalue weighted by atomic mass is 10.0. The van der Waals surface area contributed by atoms with Gasteiger partial charge in [-0.3, -0.25) is 14.2 Å². The first kappa shape index (κ1) is 16.5. The molecule has 4 rings (SSSR count). The number of para-hydroxylation sites is 1. The topological polar surface area (TPSA) is 55.2 Å². The Morgan fingerprint density at radius 3 is 2.73 bits per heavy atom. The van der Waals surface area contributed by atoms with Crippen LogP contribution in [0.2, 0.25) is 0 Å². The Morgan fingerprint density at radius 2 is 1.92 bits per heavy atom. The molecule has 5 nitrogen and oxygen atoms in total. The molecule has 1 saturated heterocycles. The van der Waals surface area contributed by atoms with E-state index < -0.39 is 0 Å². The molecule has 132 valence electrons. The van der Waals surface area contributed by atoms with Crippen molar-refractivity contribution in [3.8, 4) is 0 Å². The summed E-state index contributed by atoms with van der Waals surface area (Å²) in [6, 6.07) is 15.6. The molecule has 1 aliphatic heterocycles. The van der Waals surface area contributed by atoms with E-state index in [1.807, 2.05) is 17.0 Å². The molecule has 3 aromatic rings. The van der Waals surface area contributed by atoms with E-state index in [0.29, 0.717) is 10.9 Å². The average molecular weight is 347 g/mol. The first-order chi connectivity index (χ1) is 12.6. The van der Waals surface area contributed by atoms with Gasteiger partial charge in [-0.2, -0.15) is 0 Å². The molecule has 5 heteroatoms. The van der Waals surface area contributed by atoms with Crippen molar-refractivity contribution >= 4 is 16.8 Å². The molecule has 0 aliphatic carbocycles. The Hall–Kier alpha value is -2.95. The second-order valence-electron chi connectivity index (χ2n) is 6.85. The molecule has 0 N–H and O–H groups in total. The van der Waals surface area contributed by atoms with Crippen molar-refractivity contribution in [2.45, 2.75) is 32.4 Å². The predicted molar refractivity (Wildman–Crippen MR) is 101 cm³/mol. The monoisotopic (exact) mass is 347 g/mol. The second kappa shape index (κ2) is 6.75. The zero-order valence-corrected chi connectivity index (χ0v) is 14.8. The molecule has 2 aromatic carbocycles. The number of likely N-dealkylation sites (tertiary alicyclic amines) is 1. The molecule has 0 bridgehead atoms. The predicted octanol–water partition coefficient (Wildman–Crippen LogP) is 3.07. The molecule has 0 spiro atoms. The number of hydrogen-bond donors (Lipinski definition) is 0. The summed E-state index contributed by atoms with van der Waals surface area (Å²) in [6.07, 6.45) is 3.41. The summed E-state index contributed by atoms with van der Waals surface area (Å²) in [4.78, 5) is 31.7. The lowest BCUT2D eigenvalue weighted by Gasteiger charge is -2.25. The van der Waals surface area contributed by atoms with Crippen molar-refractivity contribution in [3.05, 3.63) is 76.3 Å². The summed E-state index contributed by atoms with van der Waals surface area (Å²) < 4.78 is 1.41. The van der Waals surface area contributed by atoms with Crippen LogP contribution in [0.25, 0.3) is 10.9 Å². The molecule has 0 saturated carbocycles. The van der Waals surface area contributed by atoms with Gasteiger partial charge in [0.05, 0.1) is 23.3 Å². The number of nitrogens with zero attached hydrogens (tertiary/aromatic N) is 3. The SMILES string of the molecule is Cc1ccc(C2CCCN2C(=O)Cn2cnc3ccccc3c2=O)cc1. The highest BCUT2D eigenvalue weighted by Gasteiger charge is 2.30. The highest BCUT2D eigenvalue weighted by Crippen LogP contribution is 2.32. The van der Waals surface area contributed by atoms with Gasteiger partial charge in [0.2, 0.25) is 5.91 Å². The quantitative estimate of drug-likeness (QED) is 0.732. The standard InChI is InChI=1S/C21H21N3O2/c1-15-8-10-16(11-9-15)19-7-4-12-24(19)20(25)13-23-14-22-18-6-3-2-5-17(18)21(23)26/h2-3,5-6,8-11,14,19H,4,7,12-13H2,1H3. The minimum Gasteiger partial charge on any atom is -0.334 e. The van der Waals surface area contributed by atoms with E-state index in [-0.39, 0.29) is 24.1 Å². The maximum absolute atomic E-state index is 12.9. The first-order valence-corrected chi connectivity index (χ1v) is 8.94. The van der Waals surface area contributed by atoms with Gasteiger partial charge in [0.15, 0.2) is 0 Å². The van der Waals surface area contributed by atoms with Crippen molar-refractivity contribution < 1.29 is 4.79 Å². The third-order valence-corrected chi connectivity index (χ3v) is 5.07. The van der Waals surface area contributed by atoms with Crippen LogP contribution in [-0.4, -0.2) is 26.9 Å². The van der Waals surface area contributed by atoms with Crippen molar-refractivity contribution in [3.63, 3.8) is 0 Å². The van der Waals surface area contributed by atoms with Gasteiger partial charge in [0, 0.05) is 6.54 Å². The van der Waals surface area contributed by atoms with E-state index in [1.165, 1.54) is 16.5 Å². The van der Waals surface area contributed by atoms with Crippen molar-refractivity contribution in [2.24, 2.45) is 0 Å². The summed E-state index contributed by atoms with van der Waals surface area (Å²) in [7, 11) is 0. The summed E-state index contributed by atoms with van der Waals surface area (Å²) in [5, 5.41) is 0.541. The molecule has 1 aliphatic rings. The van der Waals surface area contributed by atoms with Crippen LogP contribution in [0.3, 0.4) is 0 Å². The Bertz CT molecular complexity index is 1010. The van der Waals surface area contributed by atoms with Gasteiger partial charge in [0.1, 0.15) is 6.54 Å². The smallest absolute Gasteiger partial charge is 0.261 e. The van der Waals surface area contributed by atoms with Crippen molar-refractivity contribution in [1.29, 1.82) is 0 Å². The number of rotatable bonds is 3. The van der Waals surface area contributed by atoms with Crippen LogP contribution in [-0.2, 0) is 11.3 Å². The normalized spacial score (nSPS) is 17.0. The average Bonchev–Trinajstić information content (AvgIpc) is 3.15. The lowest BCUT2D eigenvalue weighted by molar-refractivity contribution is -0.132. The number of aromatic nitrogens is 2. The Kier molecular flexibility index (Phi) is 4.29. The van der Waals surface area contributed by atoms with Crippen LogP contribution in [0, 0.1) is 6.92 Å². The zero-order chi connectivity index (χ0) is 18.1. The fraction of sp³-hybridized carbons (Fsp3) is 0.286. The largest absolute Gasteiger partial charge is 0.334 e. The van der Waals surface area contributed by atoms with Crippen LogP contribution in [0.4, 0.5) is 0 Å². The zero-order valence-electron chi connectivity index (χ0n) is 14.8. The molecule has 1 unspecified atom stereocenters. The van der Waals surface area contributed by atoms with Gasteiger partial charge < -0.3 is 4.90 Å². The summed E-state index contributed by atoms with van der Waals surface area (Å²) >= 11 is 0. The molecular formula is C21H21N3O2. The number of fused-ring (bicyclic) bond motifs is 1. The third-order valence-electron chi connectivity index (χ3n) is 5.07. The fourth-order valence-corrected chi connectivity index (χ4v) is 3.66. The third kappa shape index (κ3) is 3.01. The number of aryl methyl sites for hydroxylation is 1. The highest BCUT2D eigenvalue weighted by molar-refractivity contribution is 5.79. The van der Waals surface area contributed by atoms with E-state index in [9.17, 15) is 9.59 Å². The number of carbonyl (C=O) groups is 1. The van der Waals surface area contributed by atoms with Crippen molar-refractivity contribution in [1.82, 2.24) is 14.5 Å². The van der Waals surface area contributed by atoms with E-state index in [0.717, 1.165) is 24.9 Å². The Morgan fingerprint density at radius 1 is 1.15 bits per heavy atom. The van der Waals surface area contributed by atoms with Crippen LogP contribution in [0.15, 0.2) is 59.7 Å². The molecule has 26 heavy (non-hydrogen) atoms. The number of carbonyl (C=O) groups excluding carboxylic acids is 1. The first-order valence-electron chi connectivity index (χ1n) is 8.94. The number of hydrogen-bond acceptors (Lipinski definition) is 3. The molecule has 1 atom stereocenters. The molecule has 2 heterocycles. The van der Waals surface area contributed by atoms with Gasteiger partial charge >= 0.3 is 0 Å². The number of amides is 1. The minimum atomic E-state index is -0.171. The van der Waals surface area contributed by atoms with Crippen LogP contribution in [0.1, 0.15) is 30.0 Å². The van der Waals surface area contributed by atoms with Crippen LogP contribution in [0.5, 0.6) is 0 Å². The maximum atomic E-state index is 12.9. The molecule has 1 fully saturated rings. The maximum Gasteiger partial charge on any atom is 0.261 e. The molecule has 1 amide bonds. The highest BCUT2D eigenvalue weighted by atomic mass is 16.2. The minimum absolute atomic E-state index is 0.0268. The van der Waals surface area contributed by atoms with Crippen LogP contribution >= 0.6 is 0 Å². The molecule has 1 aromatic heterocycles. The molecule has 0 radical (unpaired) electrons. The summed E-state index contributed by atoms with van der Waals surface area (Å²) in [5.74, 6) is -0.0349. The fourth-order valence-electron chi connectivity index (χ4n) is 3.66. The van der Waals surface area contributed by atoms with Crippen LogP contribution < -0.4 is 5.56 Å². The van der Waals surface area contributed by atoms with E-state index in [2.05, 4.69) is 36.2 Å². The summed E-state index contributed by atoms with van der Waals surface area (Å²) in [6.45, 7) is 2.81. The van der Waals surface area contributed by atoms with Gasteiger partial charge in [-0.1, -0.05) is 42.0 Å². The van der Waals surface area contributed by atoms with Gasteiger partial charge in [0.25, 0.3) is 5.56 Å². The van der Waals surface area contributed by atoms with Crippen molar-refractivity contribution in [2.75, 3.05) is 6.54 Å². The number of benzene rings is 2. The summed E-state index contributed by atoms with van der Waals surface area (Å²) in [5.41, 5.74) is 2.85. The van der Waals surface area contributed by atoms with E-state index >= 15 is 0 Å². The second-order valence-corrected chi connectivity index (χ2v) is 6.85. The Balaban J connectivity index is 1.59.